The molecule has 0 radical (unpaired) electrons. The minimum atomic E-state index is -1.61. The molecule has 0 nitrogen and oxygen atoms in total. The van der Waals surface area contributed by atoms with Crippen molar-refractivity contribution in [2.24, 2.45) is 0 Å². The molecule has 6 aromatic rings. The maximum atomic E-state index is 16.2. The molecular weight excluding hydrogens is 602 g/mol. The van der Waals surface area contributed by atoms with Crippen molar-refractivity contribution in [3.05, 3.63) is 214 Å². The third kappa shape index (κ3) is 5.53. The molecule has 0 aliphatic heterocycles. The van der Waals surface area contributed by atoms with E-state index >= 15 is 8.78 Å². The molecule has 0 saturated heterocycles. The average Bonchev–Trinajstić information content (AvgIpc) is 3.05. The fraction of sp³-hybridized carbons (Fsp3) is 0.0526. The maximum absolute atomic E-state index is 16.2. The van der Waals surface area contributed by atoms with Gasteiger partial charge in [-0.1, -0.05) is 84.9 Å². The van der Waals surface area contributed by atoms with Gasteiger partial charge in [0, 0.05) is 11.1 Å². The van der Waals surface area contributed by atoms with Gasteiger partial charge in [-0.25, -0.2) is 26.3 Å². The van der Waals surface area contributed by atoms with Gasteiger partial charge in [0.05, 0.1) is 9.49 Å². The minimum Gasteiger partial charge on any atom is -0.207 e. The van der Waals surface area contributed by atoms with Gasteiger partial charge in [0.15, 0.2) is 0 Å². The van der Waals surface area contributed by atoms with Crippen molar-refractivity contribution < 1.29 is 26.3 Å². The molecular formula is C38H24F6S. The van der Waals surface area contributed by atoms with E-state index in [0.717, 1.165) is 11.8 Å². The highest BCUT2D eigenvalue weighted by Gasteiger charge is 2.50. The van der Waals surface area contributed by atoms with Crippen molar-refractivity contribution in [3.63, 3.8) is 0 Å². The van der Waals surface area contributed by atoms with Crippen LogP contribution in [-0.2, 0) is 9.49 Å². The summed E-state index contributed by atoms with van der Waals surface area (Å²) in [6, 6.07) is 33.9. The highest BCUT2D eigenvalue weighted by molar-refractivity contribution is 8.02. The maximum Gasteiger partial charge on any atom is 0.128 e. The number of benzene rings is 6. The lowest BCUT2D eigenvalue weighted by Gasteiger charge is -2.45. The fourth-order valence-electron chi connectivity index (χ4n) is 5.76. The van der Waals surface area contributed by atoms with Crippen LogP contribution in [-0.4, -0.2) is 0 Å². The monoisotopic (exact) mass is 626 g/mol. The molecule has 45 heavy (non-hydrogen) atoms. The Balaban J connectivity index is 1.82. The van der Waals surface area contributed by atoms with Gasteiger partial charge in [-0.05, 0) is 82.9 Å². The topological polar surface area (TPSA) is 0 Å². The van der Waals surface area contributed by atoms with E-state index < -0.39 is 44.4 Å². The Bertz CT molecular complexity index is 1690. The molecule has 224 valence electrons. The molecule has 7 heteroatoms. The molecule has 0 heterocycles. The quantitative estimate of drug-likeness (QED) is 0.120. The van der Waals surface area contributed by atoms with E-state index in [1.165, 1.54) is 121 Å². The zero-order chi connectivity index (χ0) is 31.6. The SMILES string of the molecule is Fc1ccc(C(SC(c2ccc(F)cc2)(c2ccc(F)cc2)c2ccccc2F)(c2ccc(F)cc2)c2ccccc2F)cc1. The number of halogens is 6. The lowest BCUT2D eigenvalue weighted by molar-refractivity contribution is 0.591. The number of thioether (sulfide) groups is 1. The van der Waals surface area contributed by atoms with Crippen LogP contribution in [0.15, 0.2) is 146 Å². The lowest BCUT2D eigenvalue weighted by atomic mass is 9.82. The Morgan fingerprint density at radius 3 is 0.800 bits per heavy atom. The Hall–Kier alpha value is -4.75. The minimum absolute atomic E-state index is 0.123. The predicted molar refractivity (Wildman–Crippen MR) is 166 cm³/mol. The smallest absolute Gasteiger partial charge is 0.128 e. The zero-order valence-electron chi connectivity index (χ0n) is 23.5. The molecule has 0 aliphatic carbocycles. The number of rotatable bonds is 8. The second-order valence-electron chi connectivity index (χ2n) is 10.5. The molecule has 0 fully saturated rings. The Kier molecular flexibility index (Phi) is 8.30. The summed E-state index contributed by atoms with van der Waals surface area (Å²) in [5, 5.41) is 0. The van der Waals surface area contributed by atoms with Crippen LogP contribution in [0.4, 0.5) is 26.3 Å². The molecule has 0 spiro atoms. The van der Waals surface area contributed by atoms with E-state index in [2.05, 4.69) is 0 Å². The van der Waals surface area contributed by atoms with Crippen LogP contribution >= 0.6 is 11.8 Å². The van der Waals surface area contributed by atoms with Gasteiger partial charge in [-0.3, -0.25) is 0 Å². The third-order valence-electron chi connectivity index (χ3n) is 7.82. The Labute approximate surface area is 261 Å². The standard InChI is InChI=1S/C38H24F6S/c39-29-17-9-25(10-18-29)37(26-11-19-30(40)20-12-26,33-5-1-3-7-35(33)43)45-38(27-13-21-31(41)22-14-27,28-15-23-32(42)24-16-28)34-6-2-4-8-36(34)44/h1-24H. The fourth-order valence-corrected chi connectivity index (χ4v) is 7.79. The zero-order valence-corrected chi connectivity index (χ0v) is 24.3. The average molecular weight is 627 g/mol. The van der Waals surface area contributed by atoms with Gasteiger partial charge in [0.25, 0.3) is 0 Å². The first-order chi connectivity index (χ1) is 21.7. The third-order valence-corrected chi connectivity index (χ3v) is 9.81. The summed E-state index contributed by atoms with van der Waals surface area (Å²) in [5.74, 6) is -3.41. The molecule has 0 unspecified atom stereocenters. The van der Waals surface area contributed by atoms with E-state index in [1.807, 2.05) is 0 Å². The van der Waals surface area contributed by atoms with Gasteiger partial charge in [-0.2, -0.15) is 0 Å². The van der Waals surface area contributed by atoms with Crippen molar-refractivity contribution in [2.45, 2.75) is 9.49 Å². The first kappa shape index (κ1) is 30.3. The largest absolute Gasteiger partial charge is 0.207 e. The van der Waals surface area contributed by atoms with Gasteiger partial charge in [0.2, 0.25) is 0 Å². The number of hydrogen-bond donors (Lipinski definition) is 0. The van der Waals surface area contributed by atoms with E-state index in [9.17, 15) is 17.6 Å². The normalized spacial score (nSPS) is 11.9. The second kappa shape index (κ2) is 12.3. The summed E-state index contributed by atoms with van der Waals surface area (Å²) in [4.78, 5) is 0. The van der Waals surface area contributed by atoms with Crippen LogP contribution in [0, 0.1) is 34.9 Å². The number of hydrogen-bond acceptors (Lipinski definition) is 1. The Morgan fingerprint density at radius 1 is 0.311 bits per heavy atom. The molecule has 6 aromatic carbocycles. The first-order valence-electron chi connectivity index (χ1n) is 14.0. The van der Waals surface area contributed by atoms with E-state index in [0.29, 0.717) is 22.3 Å². The molecule has 0 aliphatic rings. The summed E-state index contributed by atoms with van der Waals surface area (Å²) in [7, 11) is 0. The summed E-state index contributed by atoms with van der Waals surface area (Å²) < 4.78 is 87.0. The van der Waals surface area contributed by atoms with Crippen molar-refractivity contribution in [1.82, 2.24) is 0 Å². The van der Waals surface area contributed by atoms with Gasteiger partial charge in [0.1, 0.15) is 34.9 Å². The highest BCUT2D eigenvalue weighted by atomic mass is 32.2. The summed E-state index contributed by atoms with van der Waals surface area (Å²) in [6.07, 6.45) is 0. The highest BCUT2D eigenvalue weighted by Crippen LogP contribution is 2.61. The molecule has 0 aromatic heterocycles. The molecule has 0 bridgehead atoms. The predicted octanol–water partition coefficient (Wildman–Crippen LogP) is 10.5. The molecule has 0 saturated carbocycles. The van der Waals surface area contributed by atoms with Crippen LogP contribution < -0.4 is 0 Å². The van der Waals surface area contributed by atoms with E-state index in [1.54, 1.807) is 24.3 Å². The Morgan fingerprint density at radius 2 is 0.556 bits per heavy atom. The van der Waals surface area contributed by atoms with Crippen LogP contribution in [0.25, 0.3) is 0 Å². The summed E-state index contributed by atoms with van der Waals surface area (Å²) in [6.45, 7) is 0. The summed E-state index contributed by atoms with van der Waals surface area (Å²) in [5.41, 5.74) is 1.84. The van der Waals surface area contributed by atoms with Gasteiger partial charge < -0.3 is 0 Å². The van der Waals surface area contributed by atoms with Crippen LogP contribution in [0.3, 0.4) is 0 Å². The van der Waals surface area contributed by atoms with Crippen LogP contribution in [0.1, 0.15) is 33.4 Å². The molecule has 0 atom stereocenters. The van der Waals surface area contributed by atoms with E-state index in [4.69, 9.17) is 0 Å². The molecule has 0 N–H and O–H groups in total. The van der Waals surface area contributed by atoms with Crippen LogP contribution in [0.5, 0.6) is 0 Å². The van der Waals surface area contributed by atoms with Crippen molar-refractivity contribution in [2.75, 3.05) is 0 Å². The van der Waals surface area contributed by atoms with E-state index in [-0.39, 0.29) is 11.1 Å². The first-order valence-corrected chi connectivity index (χ1v) is 14.8. The second-order valence-corrected chi connectivity index (χ2v) is 11.9. The van der Waals surface area contributed by atoms with Gasteiger partial charge >= 0.3 is 0 Å². The molecule has 6 rings (SSSR count). The van der Waals surface area contributed by atoms with Gasteiger partial charge in [-0.15, -0.1) is 11.8 Å². The lowest BCUT2D eigenvalue weighted by Crippen LogP contribution is -2.37. The van der Waals surface area contributed by atoms with Crippen molar-refractivity contribution in [1.29, 1.82) is 0 Å². The summed E-state index contributed by atoms with van der Waals surface area (Å²) >= 11 is 1.09. The van der Waals surface area contributed by atoms with Crippen molar-refractivity contribution in [3.8, 4) is 0 Å². The van der Waals surface area contributed by atoms with Crippen LogP contribution in [0.2, 0.25) is 0 Å². The van der Waals surface area contributed by atoms with Crippen molar-refractivity contribution >= 4 is 11.8 Å². The molecule has 0 amide bonds.